The van der Waals surface area contributed by atoms with Crippen molar-refractivity contribution in [3.8, 4) is 0 Å². The molecule has 4 heteroatoms. The molecule has 1 nitrogen and oxygen atoms in total. The third-order valence-electron chi connectivity index (χ3n) is 1.86. The van der Waals surface area contributed by atoms with Crippen LogP contribution in [-0.2, 0) is 0 Å². The van der Waals surface area contributed by atoms with Crippen molar-refractivity contribution >= 4 is 12.4 Å². The third-order valence-corrected chi connectivity index (χ3v) is 1.86. The molecule has 1 atom stereocenters. The highest BCUT2D eigenvalue weighted by Crippen LogP contribution is 2.34. The molecule has 0 aromatic rings. The Morgan fingerprint density at radius 1 is 1.50 bits per heavy atom. The van der Waals surface area contributed by atoms with E-state index < -0.39 is 12.0 Å². The normalized spacial score (nSPS) is 29.7. The first-order valence-electron chi connectivity index (χ1n) is 3.22. The summed E-state index contributed by atoms with van der Waals surface area (Å²) >= 11 is 0. The van der Waals surface area contributed by atoms with Crippen LogP contribution in [0.5, 0.6) is 0 Å². The van der Waals surface area contributed by atoms with E-state index in [2.05, 4.69) is 5.32 Å². The van der Waals surface area contributed by atoms with Gasteiger partial charge in [0, 0.05) is 6.42 Å². The summed E-state index contributed by atoms with van der Waals surface area (Å²) in [6, 6.07) is -0.572. The van der Waals surface area contributed by atoms with Gasteiger partial charge in [-0.05, 0) is 19.9 Å². The zero-order chi connectivity index (χ0) is 6.91. The first-order chi connectivity index (χ1) is 4.17. The van der Waals surface area contributed by atoms with E-state index in [1.54, 1.807) is 7.05 Å². The second kappa shape index (κ2) is 3.49. The average molecular weight is 172 g/mol. The summed E-state index contributed by atoms with van der Waals surface area (Å²) in [5, 5.41) is 2.60. The Labute approximate surface area is 65.6 Å². The molecule has 1 aliphatic rings. The highest BCUT2D eigenvalue weighted by atomic mass is 35.5. The fourth-order valence-electron chi connectivity index (χ4n) is 1.28. The van der Waals surface area contributed by atoms with Gasteiger partial charge < -0.3 is 5.32 Å². The molecule has 0 saturated heterocycles. The lowest BCUT2D eigenvalue weighted by molar-refractivity contribution is -0.0155. The molecule has 1 fully saturated rings. The van der Waals surface area contributed by atoms with E-state index in [9.17, 15) is 8.78 Å². The van der Waals surface area contributed by atoms with E-state index >= 15 is 0 Å². The molecule has 0 aromatic heterocycles. The van der Waals surface area contributed by atoms with Crippen molar-refractivity contribution in [3.63, 3.8) is 0 Å². The van der Waals surface area contributed by atoms with Gasteiger partial charge in [0.05, 0.1) is 6.04 Å². The van der Waals surface area contributed by atoms with Gasteiger partial charge in [0.2, 0.25) is 0 Å². The highest BCUT2D eigenvalue weighted by molar-refractivity contribution is 5.85. The summed E-state index contributed by atoms with van der Waals surface area (Å²) < 4.78 is 25.1. The third kappa shape index (κ3) is 1.80. The summed E-state index contributed by atoms with van der Waals surface area (Å²) in [5.41, 5.74) is 0. The molecule has 10 heavy (non-hydrogen) atoms. The molecule has 0 bridgehead atoms. The zero-order valence-corrected chi connectivity index (χ0v) is 6.68. The second-order valence-corrected chi connectivity index (χ2v) is 2.49. The number of nitrogens with one attached hydrogen (secondary N) is 1. The number of alkyl halides is 2. The molecule has 1 unspecified atom stereocenters. The predicted octanol–water partition coefficient (Wildman–Crippen LogP) is 1.82. The Morgan fingerprint density at radius 2 is 2.10 bits per heavy atom. The van der Waals surface area contributed by atoms with Crippen molar-refractivity contribution in [3.05, 3.63) is 0 Å². The van der Waals surface area contributed by atoms with Crippen molar-refractivity contribution in [1.82, 2.24) is 5.32 Å². The Kier molecular flexibility index (Phi) is 3.52. The van der Waals surface area contributed by atoms with Gasteiger partial charge in [-0.25, -0.2) is 8.78 Å². The van der Waals surface area contributed by atoms with E-state index in [0.717, 1.165) is 0 Å². The lowest BCUT2D eigenvalue weighted by atomic mass is 10.2. The maximum absolute atomic E-state index is 12.5. The van der Waals surface area contributed by atoms with Crippen LogP contribution in [0.2, 0.25) is 0 Å². The van der Waals surface area contributed by atoms with Gasteiger partial charge in [0.25, 0.3) is 5.92 Å². The molecule has 0 radical (unpaired) electrons. The van der Waals surface area contributed by atoms with Crippen LogP contribution in [0, 0.1) is 0 Å². The van der Waals surface area contributed by atoms with Gasteiger partial charge in [-0.15, -0.1) is 12.4 Å². The monoisotopic (exact) mass is 171 g/mol. The van der Waals surface area contributed by atoms with E-state index in [1.165, 1.54) is 0 Å². The first kappa shape index (κ1) is 10.1. The van der Waals surface area contributed by atoms with Crippen LogP contribution in [-0.4, -0.2) is 19.0 Å². The van der Waals surface area contributed by atoms with Gasteiger partial charge in [-0.3, -0.25) is 0 Å². The Balaban J connectivity index is 0.000000810. The molecular formula is C6H12ClF2N. The second-order valence-electron chi connectivity index (χ2n) is 2.49. The van der Waals surface area contributed by atoms with Gasteiger partial charge in [-0.1, -0.05) is 0 Å². The molecule has 0 aliphatic heterocycles. The summed E-state index contributed by atoms with van der Waals surface area (Å²) in [5.74, 6) is -2.45. The highest BCUT2D eigenvalue weighted by Gasteiger charge is 2.42. The van der Waals surface area contributed by atoms with E-state index in [0.29, 0.717) is 12.8 Å². The molecule has 0 amide bonds. The van der Waals surface area contributed by atoms with Gasteiger partial charge >= 0.3 is 0 Å². The fourth-order valence-corrected chi connectivity index (χ4v) is 1.28. The SMILES string of the molecule is CNC1CCCC1(F)F.Cl. The Hall–Kier alpha value is 0.110. The summed E-state index contributed by atoms with van der Waals surface area (Å²) in [4.78, 5) is 0. The maximum atomic E-state index is 12.5. The van der Waals surface area contributed by atoms with Crippen LogP contribution in [0.3, 0.4) is 0 Å². The van der Waals surface area contributed by atoms with Crippen LogP contribution < -0.4 is 5.32 Å². The predicted molar refractivity (Wildman–Crippen MR) is 38.9 cm³/mol. The number of hydrogen-bond acceptors (Lipinski definition) is 1. The van der Waals surface area contributed by atoms with Crippen LogP contribution in [0.25, 0.3) is 0 Å². The van der Waals surface area contributed by atoms with Crippen molar-refractivity contribution in [2.24, 2.45) is 0 Å². The first-order valence-corrected chi connectivity index (χ1v) is 3.22. The summed E-state index contributed by atoms with van der Waals surface area (Å²) in [6.45, 7) is 0. The minimum absolute atomic E-state index is 0. The number of hydrogen-bond donors (Lipinski definition) is 1. The van der Waals surface area contributed by atoms with Crippen molar-refractivity contribution in [2.45, 2.75) is 31.2 Å². The summed E-state index contributed by atoms with van der Waals surface area (Å²) in [7, 11) is 1.59. The molecule has 0 aromatic carbocycles. The zero-order valence-electron chi connectivity index (χ0n) is 5.86. The Morgan fingerprint density at radius 3 is 2.30 bits per heavy atom. The lowest BCUT2D eigenvalue weighted by Crippen LogP contribution is -2.37. The van der Waals surface area contributed by atoms with Crippen LogP contribution >= 0.6 is 12.4 Å². The molecular weight excluding hydrogens is 160 g/mol. The standard InChI is InChI=1S/C6H11F2N.ClH/c1-9-5-3-2-4-6(5,7)8;/h5,9H,2-4H2,1H3;1H. The van der Waals surface area contributed by atoms with Gasteiger partial charge in [0.1, 0.15) is 0 Å². The van der Waals surface area contributed by atoms with E-state index in [-0.39, 0.29) is 18.8 Å². The molecule has 1 saturated carbocycles. The number of rotatable bonds is 1. The van der Waals surface area contributed by atoms with Crippen LogP contribution in [0.4, 0.5) is 8.78 Å². The fraction of sp³-hybridized carbons (Fsp3) is 1.00. The molecule has 0 heterocycles. The van der Waals surface area contributed by atoms with Gasteiger partial charge in [-0.2, -0.15) is 0 Å². The molecule has 0 spiro atoms. The molecule has 1 rings (SSSR count). The van der Waals surface area contributed by atoms with Crippen LogP contribution in [0.1, 0.15) is 19.3 Å². The minimum Gasteiger partial charge on any atom is -0.312 e. The van der Waals surface area contributed by atoms with Crippen molar-refractivity contribution in [1.29, 1.82) is 0 Å². The molecule has 62 valence electrons. The Bertz CT molecular complexity index is 108. The van der Waals surface area contributed by atoms with E-state index in [4.69, 9.17) is 0 Å². The minimum atomic E-state index is -2.45. The average Bonchev–Trinajstić information content (AvgIpc) is 2.08. The van der Waals surface area contributed by atoms with Crippen molar-refractivity contribution < 1.29 is 8.78 Å². The summed E-state index contributed by atoms with van der Waals surface area (Å²) in [6.07, 6.45) is 1.32. The smallest absolute Gasteiger partial charge is 0.263 e. The van der Waals surface area contributed by atoms with Crippen LogP contribution in [0.15, 0.2) is 0 Å². The van der Waals surface area contributed by atoms with Crippen molar-refractivity contribution in [2.75, 3.05) is 7.05 Å². The van der Waals surface area contributed by atoms with E-state index in [1.807, 2.05) is 0 Å². The number of halogens is 3. The maximum Gasteiger partial charge on any atom is 0.263 e. The molecule has 1 aliphatic carbocycles. The lowest BCUT2D eigenvalue weighted by Gasteiger charge is -2.17. The topological polar surface area (TPSA) is 12.0 Å². The largest absolute Gasteiger partial charge is 0.312 e. The van der Waals surface area contributed by atoms with Gasteiger partial charge in [0.15, 0.2) is 0 Å². The molecule has 1 N–H and O–H groups in total. The quantitative estimate of drug-likeness (QED) is 0.635.